The first-order valence-corrected chi connectivity index (χ1v) is 7.15. The summed E-state index contributed by atoms with van der Waals surface area (Å²) in [4.78, 5) is 0. The van der Waals surface area contributed by atoms with E-state index in [4.69, 9.17) is 4.74 Å². The Bertz CT molecular complexity index is 178. The molecule has 1 unspecified atom stereocenters. The molecule has 1 fully saturated rings. The quantitative estimate of drug-likeness (QED) is 0.672. The third-order valence-corrected chi connectivity index (χ3v) is 3.90. The van der Waals surface area contributed by atoms with Crippen LogP contribution in [0, 0.1) is 0 Å². The average Bonchev–Trinajstić information content (AvgIpc) is 2.35. The number of rotatable bonds is 7. The Morgan fingerprint density at radius 3 is 2.50 bits per heavy atom. The van der Waals surface area contributed by atoms with Crippen molar-refractivity contribution < 1.29 is 4.74 Å². The molecule has 1 aliphatic heterocycles. The molecule has 0 bridgehead atoms. The molecule has 0 aliphatic carbocycles. The molecule has 1 saturated heterocycles. The number of unbranched alkanes of at least 4 members (excludes halogenated alkanes) is 3. The molecule has 1 N–H and O–H groups in total. The average molecular weight is 227 g/mol. The van der Waals surface area contributed by atoms with E-state index < -0.39 is 0 Å². The molecule has 0 aromatic heterocycles. The largest absolute Gasteiger partial charge is 0.369 e. The lowest BCUT2D eigenvalue weighted by Crippen LogP contribution is -2.53. The van der Waals surface area contributed by atoms with Gasteiger partial charge in [0.2, 0.25) is 0 Å². The van der Waals surface area contributed by atoms with E-state index in [1.807, 2.05) is 0 Å². The lowest BCUT2D eigenvalue weighted by molar-refractivity contribution is -0.122. The van der Waals surface area contributed by atoms with Crippen molar-refractivity contribution in [3.63, 3.8) is 0 Å². The van der Waals surface area contributed by atoms with Crippen LogP contribution < -0.4 is 5.32 Å². The van der Waals surface area contributed by atoms with Gasteiger partial charge in [0.25, 0.3) is 0 Å². The molecule has 96 valence electrons. The van der Waals surface area contributed by atoms with Gasteiger partial charge in [-0.05, 0) is 19.3 Å². The SMILES string of the molecule is CCCCCCC1CNCC(CC)(CC)O1. The molecule has 0 aromatic rings. The highest BCUT2D eigenvalue weighted by molar-refractivity contribution is 4.87. The van der Waals surface area contributed by atoms with Crippen LogP contribution in [-0.4, -0.2) is 24.8 Å². The molecule has 0 radical (unpaired) electrons. The smallest absolute Gasteiger partial charge is 0.0805 e. The van der Waals surface area contributed by atoms with E-state index in [-0.39, 0.29) is 5.60 Å². The van der Waals surface area contributed by atoms with Crippen LogP contribution in [0.2, 0.25) is 0 Å². The van der Waals surface area contributed by atoms with Crippen LogP contribution in [0.25, 0.3) is 0 Å². The molecule has 2 nitrogen and oxygen atoms in total. The van der Waals surface area contributed by atoms with Gasteiger partial charge in [-0.15, -0.1) is 0 Å². The summed E-state index contributed by atoms with van der Waals surface area (Å²) in [6.07, 6.45) is 9.31. The highest BCUT2D eigenvalue weighted by Gasteiger charge is 2.33. The Hall–Kier alpha value is -0.0800. The van der Waals surface area contributed by atoms with Gasteiger partial charge < -0.3 is 10.1 Å². The maximum absolute atomic E-state index is 6.29. The highest BCUT2D eigenvalue weighted by Crippen LogP contribution is 2.26. The fourth-order valence-corrected chi connectivity index (χ4v) is 2.52. The van der Waals surface area contributed by atoms with Gasteiger partial charge in [-0.25, -0.2) is 0 Å². The zero-order chi connectivity index (χ0) is 11.9. The summed E-state index contributed by atoms with van der Waals surface area (Å²) in [5.41, 5.74) is 0.119. The first kappa shape index (κ1) is 14.0. The third kappa shape index (κ3) is 4.06. The normalized spacial score (nSPS) is 24.6. The fraction of sp³-hybridized carbons (Fsp3) is 1.00. The van der Waals surface area contributed by atoms with Gasteiger partial charge in [-0.2, -0.15) is 0 Å². The minimum absolute atomic E-state index is 0.119. The molecule has 1 heterocycles. The highest BCUT2D eigenvalue weighted by atomic mass is 16.5. The van der Waals surface area contributed by atoms with E-state index in [9.17, 15) is 0 Å². The number of nitrogens with one attached hydrogen (secondary N) is 1. The summed E-state index contributed by atoms with van der Waals surface area (Å²) < 4.78 is 6.29. The summed E-state index contributed by atoms with van der Waals surface area (Å²) in [6, 6.07) is 0. The predicted molar refractivity (Wildman–Crippen MR) is 69.8 cm³/mol. The second kappa shape index (κ2) is 7.29. The number of morpholine rings is 1. The Morgan fingerprint density at radius 2 is 1.88 bits per heavy atom. The van der Waals surface area contributed by atoms with E-state index in [1.165, 1.54) is 32.1 Å². The topological polar surface area (TPSA) is 21.3 Å². The van der Waals surface area contributed by atoms with Gasteiger partial charge in [0.1, 0.15) is 0 Å². The first-order valence-electron chi connectivity index (χ1n) is 7.15. The molecule has 0 aromatic carbocycles. The van der Waals surface area contributed by atoms with E-state index in [0.29, 0.717) is 6.10 Å². The van der Waals surface area contributed by atoms with E-state index in [0.717, 1.165) is 25.9 Å². The minimum Gasteiger partial charge on any atom is -0.369 e. The summed E-state index contributed by atoms with van der Waals surface area (Å²) in [5, 5.41) is 3.54. The van der Waals surface area contributed by atoms with Crippen molar-refractivity contribution >= 4 is 0 Å². The van der Waals surface area contributed by atoms with Crippen molar-refractivity contribution in [3.05, 3.63) is 0 Å². The summed E-state index contributed by atoms with van der Waals surface area (Å²) in [7, 11) is 0. The molecule has 1 aliphatic rings. The van der Waals surface area contributed by atoms with Crippen LogP contribution >= 0.6 is 0 Å². The third-order valence-electron chi connectivity index (χ3n) is 3.90. The molecular weight excluding hydrogens is 198 g/mol. The van der Waals surface area contributed by atoms with Crippen LogP contribution in [0.15, 0.2) is 0 Å². The fourth-order valence-electron chi connectivity index (χ4n) is 2.52. The van der Waals surface area contributed by atoms with Gasteiger partial charge in [-0.3, -0.25) is 0 Å². The maximum atomic E-state index is 6.29. The van der Waals surface area contributed by atoms with Crippen LogP contribution in [0.3, 0.4) is 0 Å². The Kier molecular flexibility index (Phi) is 6.37. The number of hydrogen-bond acceptors (Lipinski definition) is 2. The van der Waals surface area contributed by atoms with Crippen molar-refractivity contribution in [2.24, 2.45) is 0 Å². The molecular formula is C14H29NO. The van der Waals surface area contributed by atoms with E-state index in [1.54, 1.807) is 0 Å². The van der Waals surface area contributed by atoms with Gasteiger partial charge in [0.15, 0.2) is 0 Å². The summed E-state index contributed by atoms with van der Waals surface area (Å²) in [6.45, 7) is 8.83. The van der Waals surface area contributed by atoms with Crippen LogP contribution in [-0.2, 0) is 4.74 Å². The van der Waals surface area contributed by atoms with E-state index >= 15 is 0 Å². The number of hydrogen-bond donors (Lipinski definition) is 1. The molecule has 1 rings (SSSR count). The second-order valence-corrected chi connectivity index (χ2v) is 5.11. The minimum atomic E-state index is 0.119. The molecule has 0 amide bonds. The Balaban J connectivity index is 2.27. The van der Waals surface area contributed by atoms with Gasteiger partial charge in [0, 0.05) is 13.1 Å². The monoisotopic (exact) mass is 227 g/mol. The Morgan fingerprint density at radius 1 is 1.12 bits per heavy atom. The van der Waals surface area contributed by atoms with Crippen molar-refractivity contribution in [2.75, 3.05) is 13.1 Å². The summed E-state index contributed by atoms with van der Waals surface area (Å²) >= 11 is 0. The van der Waals surface area contributed by atoms with Crippen molar-refractivity contribution in [2.45, 2.75) is 77.4 Å². The molecule has 0 saturated carbocycles. The van der Waals surface area contributed by atoms with Crippen LogP contribution in [0.1, 0.15) is 65.7 Å². The zero-order valence-electron chi connectivity index (χ0n) is 11.3. The maximum Gasteiger partial charge on any atom is 0.0805 e. The predicted octanol–water partition coefficient (Wildman–Crippen LogP) is 3.50. The van der Waals surface area contributed by atoms with Gasteiger partial charge in [0.05, 0.1) is 11.7 Å². The number of ether oxygens (including phenoxy) is 1. The second-order valence-electron chi connectivity index (χ2n) is 5.11. The van der Waals surface area contributed by atoms with E-state index in [2.05, 4.69) is 26.1 Å². The van der Waals surface area contributed by atoms with Crippen LogP contribution in [0.4, 0.5) is 0 Å². The van der Waals surface area contributed by atoms with Gasteiger partial charge >= 0.3 is 0 Å². The zero-order valence-corrected chi connectivity index (χ0v) is 11.3. The molecule has 0 spiro atoms. The lowest BCUT2D eigenvalue weighted by atomic mass is 9.94. The first-order chi connectivity index (χ1) is 7.76. The van der Waals surface area contributed by atoms with Gasteiger partial charge in [-0.1, -0.05) is 46.5 Å². The van der Waals surface area contributed by atoms with Crippen molar-refractivity contribution in [3.8, 4) is 0 Å². The van der Waals surface area contributed by atoms with Crippen molar-refractivity contribution in [1.82, 2.24) is 5.32 Å². The molecule has 1 atom stereocenters. The standard InChI is InChI=1S/C14H29NO/c1-4-7-8-9-10-13-11-15-12-14(5-2,6-3)16-13/h13,15H,4-12H2,1-3H3. The van der Waals surface area contributed by atoms with Crippen LogP contribution in [0.5, 0.6) is 0 Å². The Labute approximate surface area is 101 Å². The molecule has 2 heteroatoms. The molecule has 16 heavy (non-hydrogen) atoms. The summed E-state index contributed by atoms with van der Waals surface area (Å²) in [5.74, 6) is 0. The van der Waals surface area contributed by atoms with Crippen molar-refractivity contribution in [1.29, 1.82) is 0 Å². The lowest BCUT2D eigenvalue weighted by Gasteiger charge is -2.41.